The highest BCUT2D eigenvalue weighted by molar-refractivity contribution is 5.95. The van der Waals surface area contributed by atoms with Crippen LogP contribution in [0.15, 0.2) is 12.1 Å². The maximum absolute atomic E-state index is 11.8. The Morgan fingerprint density at radius 1 is 1.25 bits per heavy atom. The molecule has 0 atom stereocenters. The van der Waals surface area contributed by atoms with Gasteiger partial charge in [-0.15, -0.1) is 0 Å². The predicted molar refractivity (Wildman–Crippen MR) is 77.2 cm³/mol. The summed E-state index contributed by atoms with van der Waals surface area (Å²) in [5.41, 5.74) is 2.30. The molecule has 1 rings (SSSR count). The first-order chi connectivity index (χ1) is 9.45. The van der Waals surface area contributed by atoms with Crippen molar-refractivity contribution in [2.24, 2.45) is 0 Å². The van der Waals surface area contributed by atoms with E-state index in [0.717, 1.165) is 5.56 Å². The van der Waals surface area contributed by atoms with Crippen LogP contribution in [0.3, 0.4) is 0 Å². The van der Waals surface area contributed by atoms with Crippen LogP contribution in [0.5, 0.6) is 0 Å². The summed E-state index contributed by atoms with van der Waals surface area (Å²) < 4.78 is 5.17. The molecule has 5 nitrogen and oxygen atoms in total. The summed E-state index contributed by atoms with van der Waals surface area (Å²) in [4.78, 5) is 22.9. The molecular weight excluding hydrogens is 258 g/mol. The maximum Gasteiger partial charge on any atom is 0.336 e. The van der Waals surface area contributed by atoms with Crippen LogP contribution >= 0.6 is 0 Å². The summed E-state index contributed by atoms with van der Waals surface area (Å²) >= 11 is 0. The fraction of sp³-hybridized carbons (Fsp3) is 0.467. The fourth-order valence-electron chi connectivity index (χ4n) is 1.91. The van der Waals surface area contributed by atoms with E-state index in [1.807, 2.05) is 13.8 Å². The Labute approximate surface area is 118 Å². The Morgan fingerprint density at radius 3 is 2.55 bits per heavy atom. The van der Waals surface area contributed by atoms with Crippen LogP contribution in [0.4, 0.5) is 5.69 Å². The number of aryl methyl sites for hydroxylation is 2. The second-order valence-electron chi connectivity index (χ2n) is 4.64. The molecule has 1 aromatic carbocycles. The Kier molecular flexibility index (Phi) is 6.18. The zero-order valence-corrected chi connectivity index (χ0v) is 12.2. The third-order valence-electron chi connectivity index (χ3n) is 2.97. The quantitative estimate of drug-likeness (QED) is 0.752. The fourth-order valence-corrected chi connectivity index (χ4v) is 1.91. The van der Waals surface area contributed by atoms with Crippen LogP contribution < -0.4 is 5.32 Å². The molecule has 0 saturated heterocycles. The maximum atomic E-state index is 11.8. The Morgan fingerprint density at radius 2 is 1.95 bits per heavy atom. The van der Waals surface area contributed by atoms with E-state index in [1.165, 1.54) is 6.07 Å². The average molecular weight is 279 g/mol. The standard InChI is InChI=1S/C15H21NO4/c1-4-20-7-5-6-14(17)16-13-9-12(15(18)19)10(2)8-11(13)3/h8-9H,4-7H2,1-3H3,(H,16,17)(H,18,19). The lowest BCUT2D eigenvalue weighted by atomic mass is 10.0. The average Bonchev–Trinajstić information content (AvgIpc) is 2.37. The predicted octanol–water partition coefficient (Wildman–Crippen LogP) is 2.76. The second-order valence-corrected chi connectivity index (χ2v) is 4.64. The molecule has 0 aliphatic rings. The number of rotatable bonds is 7. The van der Waals surface area contributed by atoms with Gasteiger partial charge in [0.2, 0.25) is 5.91 Å². The molecule has 1 aromatic rings. The lowest BCUT2D eigenvalue weighted by Crippen LogP contribution is -2.14. The molecule has 0 saturated carbocycles. The van der Waals surface area contributed by atoms with Gasteiger partial charge < -0.3 is 15.2 Å². The van der Waals surface area contributed by atoms with E-state index in [9.17, 15) is 9.59 Å². The molecule has 0 aromatic heterocycles. The largest absolute Gasteiger partial charge is 0.478 e. The van der Waals surface area contributed by atoms with Crippen molar-refractivity contribution in [3.63, 3.8) is 0 Å². The van der Waals surface area contributed by atoms with Crippen molar-refractivity contribution in [2.45, 2.75) is 33.6 Å². The van der Waals surface area contributed by atoms with Crippen molar-refractivity contribution in [1.29, 1.82) is 0 Å². The van der Waals surface area contributed by atoms with Crippen LogP contribution in [0.25, 0.3) is 0 Å². The third-order valence-corrected chi connectivity index (χ3v) is 2.97. The van der Waals surface area contributed by atoms with Crippen molar-refractivity contribution >= 4 is 17.6 Å². The van der Waals surface area contributed by atoms with Crippen LogP contribution in [0.2, 0.25) is 0 Å². The summed E-state index contributed by atoms with van der Waals surface area (Å²) in [5, 5.41) is 11.8. The van der Waals surface area contributed by atoms with Gasteiger partial charge in [-0.05, 0) is 44.4 Å². The monoisotopic (exact) mass is 279 g/mol. The number of anilines is 1. The number of nitrogens with one attached hydrogen (secondary N) is 1. The highest BCUT2D eigenvalue weighted by atomic mass is 16.5. The summed E-state index contributed by atoms with van der Waals surface area (Å²) in [6.45, 7) is 6.68. The molecule has 1 amide bonds. The van der Waals surface area contributed by atoms with Gasteiger partial charge in [-0.2, -0.15) is 0 Å². The molecule has 0 aliphatic carbocycles. The minimum atomic E-state index is -0.991. The zero-order chi connectivity index (χ0) is 15.1. The summed E-state index contributed by atoms with van der Waals surface area (Å²) in [5.74, 6) is -1.12. The number of benzene rings is 1. The molecule has 0 unspecified atom stereocenters. The van der Waals surface area contributed by atoms with Crippen molar-refractivity contribution in [3.8, 4) is 0 Å². The Bertz CT molecular complexity index is 497. The van der Waals surface area contributed by atoms with Crippen molar-refractivity contribution in [1.82, 2.24) is 0 Å². The van der Waals surface area contributed by atoms with Gasteiger partial charge in [-0.25, -0.2) is 4.79 Å². The van der Waals surface area contributed by atoms with Gasteiger partial charge in [0.1, 0.15) is 0 Å². The molecule has 2 N–H and O–H groups in total. The van der Waals surface area contributed by atoms with Gasteiger partial charge in [0.25, 0.3) is 0 Å². The first-order valence-corrected chi connectivity index (χ1v) is 6.67. The SMILES string of the molecule is CCOCCCC(=O)Nc1cc(C(=O)O)c(C)cc1C. The van der Waals surface area contributed by atoms with E-state index in [0.29, 0.717) is 37.3 Å². The highest BCUT2D eigenvalue weighted by Crippen LogP contribution is 2.21. The van der Waals surface area contributed by atoms with Gasteiger partial charge in [0, 0.05) is 25.3 Å². The van der Waals surface area contributed by atoms with E-state index in [-0.39, 0.29) is 11.5 Å². The Balaban J connectivity index is 2.69. The summed E-state index contributed by atoms with van der Waals surface area (Å²) in [7, 11) is 0. The number of ether oxygens (including phenoxy) is 1. The lowest BCUT2D eigenvalue weighted by molar-refractivity contribution is -0.116. The van der Waals surface area contributed by atoms with Gasteiger partial charge in [-0.1, -0.05) is 6.07 Å². The minimum absolute atomic E-state index is 0.131. The van der Waals surface area contributed by atoms with Gasteiger partial charge in [0.15, 0.2) is 0 Å². The summed E-state index contributed by atoms with van der Waals surface area (Å²) in [6.07, 6.45) is 1.01. The minimum Gasteiger partial charge on any atom is -0.478 e. The highest BCUT2D eigenvalue weighted by Gasteiger charge is 2.12. The molecule has 0 aliphatic heterocycles. The Hall–Kier alpha value is -1.88. The van der Waals surface area contributed by atoms with Gasteiger partial charge in [-0.3, -0.25) is 4.79 Å². The first-order valence-electron chi connectivity index (χ1n) is 6.67. The molecule has 0 fully saturated rings. The van der Waals surface area contributed by atoms with E-state index in [1.54, 1.807) is 13.0 Å². The van der Waals surface area contributed by atoms with E-state index >= 15 is 0 Å². The first kappa shape index (κ1) is 16.2. The van der Waals surface area contributed by atoms with Crippen LogP contribution in [-0.2, 0) is 9.53 Å². The smallest absolute Gasteiger partial charge is 0.336 e. The molecule has 20 heavy (non-hydrogen) atoms. The van der Waals surface area contributed by atoms with Gasteiger partial charge in [0.05, 0.1) is 5.56 Å². The number of hydrogen-bond donors (Lipinski definition) is 2. The van der Waals surface area contributed by atoms with Crippen molar-refractivity contribution in [2.75, 3.05) is 18.5 Å². The number of hydrogen-bond acceptors (Lipinski definition) is 3. The molecular formula is C15H21NO4. The number of carbonyl (C=O) groups excluding carboxylic acids is 1. The van der Waals surface area contributed by atoms with Gasteiger partial charge >= 0.3 is 5.97 Å². The zero-order valence-electron chi connectivity index (χ0n) is 12.2. The second kappa shape index (κ2) is 7.65. The normalized spacial score (nSPS) is 10.3. The molecule has 0 bridgehead atoms. The third kappa shape index (κ3) is 4.66. The number of carboxylic acid groups (broad SMARTS) is 1. The lowest BCUT2D eigenvalue weighted by Gasteiger charge is -2.11. The number of carbonyl (C=O) groups is 2. The molecule has 0 heterocycles. The molecule has 110 valence electrons. The van der Waals surface area contributed by atoms with E-state index < -0.39 is 5.97 Å². The number of aromatic carboxylic acids is 1. The number of carboxylic acids is 1. The number of amides is 1. The molecule has 0 radical (unpaired) electrons. The van der Waals surface area contributed by atoms with E-state index in [4.69, 9.17) is 9.84 Å². The molecule has 5 heteroatoms. The topological polar surface area (TPSA) is 75.6 Å². The van der Waals surface area contributed by atoms with Crippen molar-refractivity contribution in [3.05, 3.63) is 28.8 Å². The van der Waals surface area contributed by atoms with E-state index in [2.05, 4.69) is 5.32 Å². The van der Waals surface area contributed by atoms with Crippen molar-refractivity contribution < 1.29 is 19.4 Å². The summed E-state index contributed by atoms with van der Waals surface area (Å²) in [6, 6.07) is 3.27. The molecule has 0 spiro atoms. The van der Waals surface area contributed by atoms with Crippen LogP contribution in [0.1, 0.15) is 41.3 Å². The van der Waals surface area contributed by atoms with Crippen LogP contribution in [0, 0.1) is 13.8 Å². The van der Waals surface area contributed by atoms with Crippen LogP contribution in [-0.4, -0.2) is 30.2 Å².